The molecule has 0 spiro atoms. The van der Waals surface area contributed by atoms with Gasteiger partial charge in [0.2, 0.25) is 5.82 Å². The van der Waals surface area contributed by atoms with Crippen LogP contribution in [0.1, 0.15) is 37.3 Å². The first-order valence-corrected chi connectivity index (χ1v) is 5.94. The zero-order valence-corrected chi connectivity index (χ0v) is 10.5. The third kappa shape index (κ3) is 2.57. The first-order valence-electron chi connectivity index (χ1n) is 5.94. The molecule has 1 heterocycles. The lowest BCUT2D eigenvalue weighted by atomic mass is 10.0. The third-order valence-corrected chi connectivity index (χ3v) is 2.79. The Morgan fingerprint density at radius 3 is 2.50 bits per heavy atom. The fraction of sp³-hybridized carbons (Fsp3) is 0.385. The number of hydrogen-bond donors (Lipinski definition) is 2. The Labute approximate surface area is 106 Å². The quantitative estimate of drug-likeness (QED) is 0.861. The van der Waals surface area contributed by atoms with Gasteiger partial charge in [-0.15, -0.1) is 0 Å². The summed E-state index contributed by atoms with van der Waals surface area (Å²) in [4.78, 5) is 4.12. The molecule has 2 rings (SSSR count). The monoisotopic (exact) mass is 247 g/mol. The molecule has 0 bridgehead atoms. The van der Waals surface area contributed by atoms with E-state index in [-0.39, 0.29) is 12.4 Å². The predicted octanol–water partition coefficient (Wildman–Crippen LogP) is 1.85. The van der Waals surface area contributed by atoms with Gasteiger partial charge < -0.3 is 15.4 Å². The molecule has 96 valence electrons. The molecule has 0 aliphatic rings. The molecule has 0 fully saturated rings. The van der Waals surface area contributed by atoms with Gasteiger partial charge in [0.25, 0.3) is 5.89 Å². The van der Waals surface area contributed by atoms with Gasteiger partial charge in [0.15, 0.2) is 0 Å². The van der Waals surface area contributed by atoms with E-state index in [0.29, 0.717) is 11.7 Å². The fourth-order valence-corrected chi connectivity index (χ4v) is 1.61. The number of benzene rings is 1. The van der Waals surface area contributed by atoms with Crippen molar-refractivity contribution in [2.75, 3.05) is 6.54 Å². The molecule has 0 saturated carbocycles. The van der Waals surface area contributed by atoms with E-state index in [2.05, 4.69) is 24.0 Å². The maximum absolute atomic E-state index is 9.49. The zero-order valence-electron chi connectivity index (χ0n) is 10.5. The highest BCUT2D eigenvalue weighted by Crippen LogP contribution is 2.21. The Hall–Kier alpha value is -1.72. The summed E-state index contributed by atoms with van der Waals surface area (Å²) in [6.45, 7) is 4.34. The summed E-state index contributed by atoms with van der Waals surface area (Å²) in [5.41, 5.74) is 7.44. The predicted molar refractivity (Wildman–Crippen MR) is 67.8 cm³/mol. The van der Waals surface area contributed by atoms with Crippen molar-refractivity contribution in [2.45, 2.75) is 25.9 Å². The maximum atomic E-state index is 9.49. The van der Waals surface area contributed by atoms with Crippen molar-refractivity contribution in [1.82, 2.24) is 10.1 Å². The normalized spacial score (nSPS) is 12.9. The summed E-state index contributed by atoms with van der Waals surface area (Å²) in [5.74, 6) is 1.10. The number of nitrogens with zero attached hydrogens (tertiary/aromatic N) is 2. The number of rotatable bonds is 4. The minimum atomic E-state index is -0.902. The van der Waals surface area contributed by atoms with E-state index in [1.165, 1.54) is 5.56 Å². The zero-order chi connectivity index (χ0) is 13.1. The summed E-state index contributed by atoms with van der Waals surface area (Å²) >= 11 is 0. The first-order chi connectivity index (χ1) is 8.61. The van der Waals surface area contributed by atoms with Crippen molar-refractivity contribution < 1.29 is 9.63 Å². The SMILES string of the molecule is CC(C)c1ccc(-c2noc(C(O)CN)n2)cc1. The lowest BCUT2D eigenvalue weighted by Gasteiger charge is -2.04. The van der Waals surface area contributed by atoms with Gasteiger partial charge >= 0.3 is 0 Å². The van der Waals surface area contributed by atoms with Crippen LogP contribution in [-0.4, -0.2) is 21.8 Å². The minimum Gasteiger partial charge on any atom is -0.382 e. The van der Waals surface area contributed by atoms with Gasteiger partial charge in [0.1, 0.15) is 6.10 Å². The maximum Gasteiger partial charge on any atom is 0.257 e. The molecular formula is C13H17N3O2. The van der Waals surface area contributed by atoms with Crippen LogP contribution < -0.4 is 5.73 Å². The first kappa shape index (κ1) is 12.7. The molecule has 0 saturated heterocycles. The minimum absolute atomic E-state index is 0.0634. The van der Waals surface area contributed by atoms with E-state index < -0.39 is 6.10 Å². The van der Waals surface area contributed by atoms with Crippen LogP contribution in [-0.2, 0) is 0 Å². The molecule has 5 nitrogen and oxygen atoms in total. The van der Waals surface area contributed by atoms with Crippen LogP contribution in [0.3, 0.4) is 0 Å². The largest absolute Gasteiger partial charge is 0.382 e. The molecule has 3 N–H and O–H groups in total. The van der Waals surface area contributed by atoms with Crippen molar-refractivity contribution in [3.05, 3.63) is 35.7 Å². The standard InChI is InChI=1S/C13H17N3O2/c1-8(2)9-3-5-10(6-4-9)12-15-13(18-16-12)11(17)7-14/h3-6,8,11,17H,7,14H2,1-2H3. The van der Waals surface area contributed by atoms with Gasteiger partial charge in [-0.1, -0.05) is 43.3 Å². The summed E-state index contributed by atoms with van der Waals surface area (Å²) < 4.78 is 4.96. The second kappa shape index (κ2) is 5.29. The summed E-state index contributed by atoms with van der Waals surface area (Å²) in [7, 11) is 0. The molecule has 1 unspecified atom stereocenters. The van der Waals surface area contributed by atoms with Crippen LogP contribution in [0.4, 0.5) is 0 Å². The van der Waals surface area contributed by atoms with E-state index in [0.717, 1.165) is 5.56 Å². The molecule has 18 heavy (non-hydrogen) atoms. The van der Waals surface area contributed by atoms with Crippen LogP contribution in [0.2, 0.25) is 0 Å². The second-order valence-electron chi connectivity index (χ2n) is 4.48. The van der Waals surface area contributed by atoms with E-state index in [9.17, 15) is 5.11 Å². The van der Waals surface area contributed by atoms with Gasteiger partial charge in [-0.2, -0.15) is 4.98 Å². The van der Waals surface area contributed by atoms with Crippen LogP contribution in [0.25, 0.3) is 11.4 Å². The molecule has 0 radical (unpaired) electrons. The van der Waals surface area contributed by atoms with Gasteiger partial charge in [-0.05, 0) is 11.5 Å². The van der Waals surface area contributed by atoms with Crippen molar-refractivity contribution in [3.63, 3.8) is 0 Å². The highest BCUT2D eigenvalue weighted by atomic mass is 16.5. The average molecular weight is 247 g/mol. The smallest absolute Gasteiger partial charge is 0.257 e. The van der Waals surface area contributed by atoms with E-state index in [1.807, 2.05) is 24.3 Å². The molecule has 0 aliphatic heterocycles. The Bertz CT molecular complexity index is 505. The van der Waals surface area contributed by atoms with Crippen molar-refractivity contribution in [1.29, 1.82) is 0 Å². The lowest BCUT2D eigenvalue weighted by molar-refractivity contribution is 0.141. The van der Waals surface area contributed by atoms with Crippen molar-refractivity contribution in [2.24, 2.45) is 5.73 Å². The topological polar surface area (TPSA) is 85.2 Å². The van der Waals surface area contributed by atoms with Crippen LogP contribution in [0.5, 0.6) is 0 Å². The van der Waals surface area contributed by atoms with Crippen molar-refractivity contribution in [3.8, 4) is 11.4 Å². The third-order valence-electron chi connectivity index (χ3n) is 2.79. The summed E-state index contributed by atoms with van der Waals surface area (Å²) in [6.07, 6.45) is -0.902. The molecular weight excluding hydrogens is 230 g/mol. The number of nitrogens with two attached hydrogens (primary N) is 1. The van der Waals surface area contributed by atoms with E-state index >= 15 is 0 Å². The number of aliphatic hydroxyl groups is 1. The Balaban J connectivity index is 2.23. The Kier molecular flexibility index (Phi) is 3.74. The van der Waals surface area contributed by atoms with Gasteiger partial charge in [-0.3, -0.25) is 0 Å². The highest BCUT2D eigenvalue weighted by molar-refractivity contribution is 5.54. The highest BCUT2D eigenvalue weighted by Gasteiger charge is 2.15. The van der Waals surface area contributed by atoms with Crippen LogP contribution >= 0.6 is 0 Å². The molecule has 2 aromatic rings. The Morgan fingerprint density at radius 1 is 1.28 bits per heavy atom. The lowest BCUT2D eigenvalue weighted by Crippen LogP contribution is -2.11. The molecule has 1 aromatic heterocycles. The second-order valence-corrected chi connectivity index (χ2v) is 4.48. The fourth-order valence-electron chi connectivity index (χ4n) is 1.61. The summed E-state index contributed by atoms with van der Waals surface area (Å²) in [5, 5.41) is 13.3. The molecule has 0 amide bonds. The van der Waals surface area contributed by atoms with Gasteiger partial charge in [-0.25, -0.2) is 0 Å². The van der Waals surface area contributed by atoms with E-state index in [4.69, 9.17) is 10.3 Å². The van der Waals surface area contributed by atoms with Gasteiger partial charge in [0.05, 0.1) is 0 Å². The number of aromatic nitrogens is 2. The van der Waals surface area contributed by atoms with Gasteiger partial charge in [0, 0.05) is 12.1 Å². The van der Waals surface area contributed by atoms with Crippen LogP contribution in [0, 0.1) is 0 Å². The molecule has 1 aromatic carbocycles. The number of hydrogen-bond acceptors (Lipinski definition) is 5. The van der Waals surface area contributed by atoms with E-state index in [1.54, 1.807) is 0 Å². The average Bonchev–Trinajstić information content (AvgIpc) is 2.87. The summed E-state index contributed by atoms with van der Waals surface area (Å²) in [6, 6.07) is 7.96. The molecule has 5 heteroatoms. The van der Waals surface area contributed by atoms with Crippen LogP contribution in [0.15, 0.2) is 28.8 Å². The molecule has 0 aliphatic carbocycles. The Morgan fingerprint density at radius 2 is 1.94 bits per heavy atom. The number of aliphatic hydroxyl groups excluding tert-OH is 1. The van der Waals surface area contributed by atoms with Crippen molar-refractivity contribution >= 4 is 0 Å². The molecule has 1 atom stereocenters.